The molecule has 21 heavy (non-hydrogen) atoms. The molecule has 0 bridgehead atoms. The summed E-state index contributed by atoms with van der Waals surface area (Å²) in [6, 6.07) is 9.28. The maximum atomic E-state index is 12.0. The number of nitrogens with one attached hydrogen (secondary N) is 1. The van der Waals surface area contributed by atoms with Crippen molar-refractivity contribution >= 4 is 23.2 Å². The zero-order valence-corrected chi connectivity index (χ0v) is 12.4. The minimum Gasteiger partial charge on any atom is -0.345 e. The molecule has 4 nitrogen and oxygen atoms in total. The van der Waals surface area contributed by atoms with Crippen LogP contribution in [-0.2, 0) is 11.3 Å². The first kappa shape index (κ1) is 14.2. The van der Waals surface area contributed by atoms with Crippen molar-refractivity contribution < 1.29 is 4.79 Å². The summed E-state index contributed by atoms with van der Waals surface area (Å²) in [6.45, 7) is 0.253. The second-order valence-electron chi connectivity index (χ2n) is 5.51. The molecule has 1 aromatic heterocycles. The van der Waals surface area contributed by atoms with Crippen LogP contribution in [0.2, 0.25) is 5.02 Å². The van der Waals surface area contributed by atoms with E-state index in [0.29, 0.717) is 16.6 Å². The van der Waals surface area contributed by atoms with Crippen molar-refractivity contribution in [1.82, 2.24) is 4.57 Å². The monoisotopic (exact) mass is 303 g/mol. The van der Waals surface area contributed by atoms with Crippen molar-refractivity contribution in [3.63, 3.8) is 0 Å². The Morgan fingerprint density at radius 1 is 1.38 bits per heavy atom. The third-order valence-electron chi connectivity index (χ3n) is 3.76. The summed E-state index contributed by atoms with van der Waals surface area (Å²) in [5, 5.41) is 3.35. The zero-order valence-electron chi connectivity index (χ0n) is 11.6. The molecule has 0 saturated heterocycles. The van der Waals surface area contributed by atoms with E-state index in [2.05, 4.69) is 5.32 Å². The van der Waals surface area contributed by atoms with Gasteiger partial charge in [-0.05, 0) is 42.5 Å². The first-order chi connectivity index (χ1) is 10.1. The first-order valence-corrected chi connectivity index (χ1v) is 7.47. The smallest absolute Gasteiger partial charge is 0.244 e. The lowest BCUT2D eigenvalue weighted by Gasteiger charge is -2.09. The fraction of sp³-hybridized carbons (Fsp3) is 0.312. The van der Waals surface area contributed by atoms with Gasteiger partial charge in [-0.3, -0.25) is 4.79 Å². The molecule has 1 atom stereocenters. The molecule has 1 saturated carbocycles. The minimum atomic E-state index is -0.106. The molecule has 1 aromatic carbocycles. The average molecular weight is 304 g/mol. The van der Waals surface area contributed by atoms with E-state index in [1.165, 1.54) is 12.8 Å². The number of aromatic nitrogens is 1. The molecule has 1 heterocycles. The van der Waals surface area contributed by atoms with Gasteiger partial charge in [0.05, 0.1) is 10.7 Å². The van der Waals surface area contributed by atoms with Crippen molar-refractivity contribution in [3.05, 3.63) is 53.3 Å². The number of para-hydroxylation sites is 1. The third-order valence-corrected chi connectivity index (χ3v) is 4.09. The molecule has 1 aliphatic carbocycles. The van der Waals surface area contributed by atoms with Gasteiger partial charge in [-0.25, -0.2) is 0 Å². The van der Waals surface area contributed by atoms with Gasteiger partial charge in [-0.2, -0.15) is 0 Å². The Kier molecular flexibility index (Phi) is 3.99. The van der Waals surface area contributed by atoms with Crippen LogP contribution in [0.1, 0.15) is 24.4 Å². The minimum absolute atomic E-state index is 0.0953. The van der Waals surface area contributed by atoms with Gasteiger partial charge in [0.15, 0.2) is 0 Å². The highest BCUT2D eigenvalue weighted by molar-refractivity contribution is 6.33. The number of carbonyl (C=O) groups is 1. The Hall–Kier alpha value is -1.78. The van der Waals surface area contributed by atoms with Crippen molar-refractivity contribution in [2.24, 2.45) is 11.7 Å². The van der Waals surface area contributed by atoms with Crippen molar-refractivity contribution in [3.8, 4) is 0 Å². The lowest BCUT2D eigenvalue weighted by Crippen LogP contribution is -2.18. The number of halogens is 1. The van der Waals surface area contributed by atoms with E-state index < -0.39 is 0 Å². The summed E-state index contributed by atoms with van der Waals surface area (Å²) in [5.74, 6) is 0.503. The lowest BCUT2D eigenvalue weighted by atomic mass is 10.1. The second kappa shape index (κ2) is 5.92. The molecule has 1 amide bonds. The Labute approximate surface area is 128 Å². The largest absolute Gasteiger partial charge is 0.345 e. The third kappa shape index (κ3) is 3.46. The number of hydrogen-bond acceptors (Lipinski definition) is 2. The molecule has 3 rings (SSSR count). The highest BCUT2D eigenvalue weighted by Crippen LogP contribution is 2.39. The predicted octanol–water partition coefficient (Wildman–Crippen LogP) is 3.19. The van der Waals surface area contributed by atoms with Crippen LogP contribution in [0.3, 0.4) is 0 Å². The van der Waals surface area contributed by atoms with E-state index >= 15 is 0 Å². The molecule has 5 heteroatoms. The fourth-order valence-corrected chi connectivity index (χ4v) is 2.58. The van der Waals surface area contributed by atoms with E-state index in [4.69, 9.17) is 17.3 Å². The van der Waals surface area contributed by atoms with Crippen LogP contribution in [0.15, 0.2) is 42.7 Å². The summed E-state index contributed by atoms with van der Waals surface area (Å²) in [6.07, 6.45) is 6.26. The van der Waals surface area contributed by atoms with Gasteiger partial charge < -0.3 is 15.6 Å². The molecule has 2 aromatic rings. The van der Waals surface area contributed by atoms with E-state index in [-0.39, 0.29) is 18.5 Å². The molecule has 3 N–H and O–H groups in total. The fourth-order valence-electron chi connectivity index (χ4n) is 2.40. The highest BCUT2D eigenvalue weighted by Gasteiger charge is 2.29. The number of amides is 1. The van der Waals surface area contributed by atoms with Gasteiger partial charge in [0, 0.05) is 18.4 Å². The van der Waals surface area contributed by atoms with E-state index in [0.717, 1.165) is 5.56 Å². The van der Waals surface area contributed by atoms with Gasteiger partial charge in [-0.15, -0.1) is 0 Å². The van der Waals surface area contributed by atoms with Crippen LogP contribution in [0.25, 0.3) is 0 Å². The van der Waals surface area contributed by atoms with Gasteiger partial charge >= 0.3 is 0 Å². The molecule has 0 radical (unpaired) electrons. The number of benzene rings is 1. The van der Waals surface area contributed by atoms with Gasteiger partial charge in [0.2, 0.25) is 5.91 Å². The Morgan fingerprint density at radius 3 is 2.86 bits per heavy atom. The Balaban J connectivity index is 1.61. The number of nitrogens with two attached hydrogens (primary N) is 1. The topological polar surface area (TPSA) is 60.0 Å². The predicted molar refractivity (Wildman–Crippen MR) is 84.2 cm³/mol. The molecule has 1 aliphatic rings. The zero-order chi connectivity index (χ0) is 14.8. The van der Waals surface area contributed by atoms with Crippen LogP contribution in [-0.4, -0.2) is 10.5 Å². The van der Waals surface area contributed by atoms with Crippen molar-refractivity contribution in [2.75, 3.05) is 5.32 Å². The molecular weight excluding hydrogens is 286 g/mol. The van der Waals surface area contributed by atoms with Crippen molar-refractivity contribution in [2.45, 2.75) is 25.4 Å². The van der Waals surface area contributed by atoms with E-state index in [1.54, 1.807) is 12.1 Å². The maximum absolute atomic E-state index is 12.0. The van der Waals surface area contributed by atoms with E-state index in [9.17, 15) is 4.79 Å². The standard InChI is InChI=1S/C16H18ClN3O/c17-13-3-1-2-4-14(13)19-15(21)10-20-8-7-12(9-20)16(18)11-5-6-11/h1-4,7-9,11,16H,5-6,10,18H2,(H,19,21). The summed E-state index contributed by atoms with van der Waals surface area (Å²) < 4.78 is 1.85. The van der Waals surface area contributed by atoms with Gasteiger partial charge in [0.25, 0.3) is 0 Å². The average Bonchev–Trinajstić information content (AvgIpc) is 3.21. The molecule has 110 valence electrons. The number of nitrogens with zero attached hydrogens (tertiary/aromatic N) is 1. The lowest BCUT2D eigenvalue weighted by molar-refractivity contribution is -0.116. The molecule has 0 spiro atoms. The summed E-state index contributed by atoms with van der Waals surface area (Å²) in [4.78, 5) is 12.0. The summed E-state index contributed by atoms with van der Waals surface area (Å²) in [5.41, 5.74) is 7.89. The summed E-state index contributed by atoms with van der Waals surface area (Å²) in [7, 11) is 0. The normalized spacial score (nSPS) is 15.7. The van der Waals surface area contributed by atoms with Crippen molar-refractivity contribution in [1.29, 1.82) is 0 Å². The first-order valence-electron chi connectivity index (χ1n) is 7.09. The van der Waals surface area contributed by atoms with E-state index in [1.807, 2.05) is 35.2 Å². The van der Waals surface area contributed by atoms with Crippen LogP contribution >= 0.6 is 11.6 Å². The number of hydrogen-bond donors (Lipinski definition) is 2. The van der Waals surface area contributed by atoms with Gasteiger partial charge in [-0.1, -0.05) is 23.7 Å². The highest BCUT2D eigenvalue weighted by atomic mass is 35.5. The van der Waals surface area contributed by atoms with Crippen LogP contribution < -0.4 is 11.1 Å². The molecule has 0 aliphatic heterocycles. The van der Waals surface area contributed by atoms with Gasteiger partial charge in [0.1, 0.15) is 6.54 Å². The summed E-state index contributed by atoms with van der Waals surface area (Å²) >= 11 is 6.02. The maximum Gasteiger partial charge on any atom is 0.244 e. The van der Waals surface area contributed by atoms with Crippen LogP contribution in [0.4, 0.5) is 5.69 Å². The number of carbonyl (C=O) groups excluding carboxylic acids is 1. The van der Waals surface area contributed by atoms with Crippen LogP contribution in [0.5, 0.6) is 0 Å². The quantitative estimate of drug-likeness (QED) is 0.891. The van der Waals surface area contributed by atoms with Crippen LogP contribution in [0, 0.1) is 5.92 Å². The number of rotatable bonds is 5. The Morgan fingerprint density at radius 2 is 2.14 bits per heavy atom. The second-order valence-corrected chi connectivity index (χ2v) is 5.92. The Bertz CT molecular complexity index is 648. The molecule has 1 unspecified atom stereocenters. The molecular formula is C16H18ClN3O. The molecule has 1 fully saturated rings. The SMILES string of the molecule is NC(c1ccn(CC(=O)Nc2ccccc2Cl)c1)C1CC1. The number of anilines is 1.